The molecule has 2 rings (SSSR count). The number of hydrogen-bond donors (Lipinski definition) is 1. The number of carbonyl (C=O) groups excluding carboxylic acids is 1. The minimum absolute atomic E-state index is 0.0162. The first kappa shape index (κ1) is 14.8. The Kier molecular flexibility index (Phi) is 5.24. The summed E-state index contributed by atoms with van der Waals surface area (Å²) in [5, 5.41) is 9.10. The van der Waals surface area contributed by atoms with Gasteiger partial charge in [0.1, 0.15) is 5.75 Å². The minimum atomic E-state index is -0.0375. The van der Waals surface area contributed by atoms with E-state index in [-0.39, 0.29) is 19.1 Å². The largest absolute Gasteiger partial charge is 0.481 e. The maximum atomic E-state index is 11.9. The van der Waals surface area contributed by atoms with Crippen LogP contribution >= 0.6 is 31.9 Å². The Morgan fingerprint density at radius 1 is 1.26 bits per heavy atom. The summed E-state index contributed by atoms with van der Waals surface area (Å²) in [4.78, 5) is 13.7. The highest BCUT2D eigenvalue weighted by Gasteiger charge is 2.19. The van der Waals surface area contributed by atoms with Crippen LogP contribution in [0.3, 0.4) is 0 Å². The number of hydrogen-bond acceptors (Lipinski definition) is 3. The van der Waals surface area contributed by atoms with Crippen LogP contribution < -0.4 is 4.74 Å². The number of rotatable bonds is 4. The number of benzene rings is 1. The molecule has 1 aliphatic heterocycles. The van der Waals surface area contributed by atoms with Crippen LogP contribution in [-0.2, 0) is 11.4 Å². The van der Waals surface area contributed by atoms with Crippen molar-refractivity contribution in [1.29, 1.82) is 0 Å². The van der Waals surface area contributed by atoms with E-state index in [4.69, 9.17) is 9.84 Å². The molecule has 0 aliphatic carbocycles. The van der Waals surface area contributed by atoms with Crippen molar-refractivity contribution in [3.8, 4) is 5.75 Å². The Morgan fingerprint density at radius 3 is 2.37 bits per heavy atom. The first-order valence-electron chi connectivity index (χ1n) is 6.11. The second-order valence-electron chi connectivity index (χ2n) is 4.42. The fourth-order valence-electron chi connectivity index (χ4n) is 2.03. The lowest BCUT2D eigenvalue weighted by Crippen LogP contribution is -2.32. The topological polar surface area (TPSA) is 49.8 Å². The van der Waals surface area contributed by atoms with E-state index in [0.717, 1.165) is 40.4 Å². The monoisotopic (exact) mass is 391 g/mol. The number of nitrogens with zero attached hydrogens (tertiary/aromatic N) is 1. The third-order valence-corrected chi connectivity index (χ3v) is 4.22. The molecule has 0 bridgehead atoms. The fourth-order valence-corrected chi connectivity index (χ4v) is 3.54. The van der Waals surface area contributed by atoms with Gasteiger partial charge in [0.25, 0.3) is 5.91 Å². The lowest BCUT2D eigenvalue weighted by atomic mass is 10.2. The summed E-state index contributed by atoms with van der Waals surface area (Å²) in [6.07, 6.45) is 2.15. The highest BCUT2D eigenvalue weighted by atomic mass is 79.9. The van der Waals surface area contributed by atoms with Crippen molar-refractivity contribution in [2.75, 3.05) is 19.7 Å². The summed E-state index contributed by atoms with van der Waals surface area (Å²) in [6, 6.07) is 3.56. The molecule has 0 unspecified atom stereocenters. The van der Waals surface area contributed by atoms with E-state index in [0.29, 0.717) is 5.75 Å². The van der Waals surface area contributed by atoms with Gasteiger partial charge in [0.05, 0.1) is 15.6 Å². The Bertz CT molecular complexity index is 450. The second-order valence-corrected chi connectivity index (χ2v) is 6.13. The maximum absolute atomic E-state index is 11.9. The molecule has 0 spiro atoms. The third-order valence-electron chi connectivity index (χ3n) is 3.04. The van der Waals surface area contributed by atoms with Crippen LogP contribution in [0.5, 0.6) is 5.75 Å². The molecule has 1 N–H and O–H groups in total. The number of likely N-dealkylation sites (tertiary alicyclic amines) is 1. The average molecular weight is 393 g/mol. The minimum Gasteiger partial charge on any atom is -0.481 e. The lowest BCUT2D eigenvalue weighted by molar-refractivity contribution is -0.132. The molecule has 6 heteroatoms. The SMILES string of the molecule is O=C(COc1c(Br)cc(CO)cc1Br)N1CCCC1. The molecule has 19 heavy (non-hydrogen) atoms. The van der Waals surface area contributed by atoms with Crippen LogP contribution in [0.25, 0.3) is 0 Å². The number of aliphatic hydroxyl groups is 1. The Labute approximate surface area is 129 Å². The predicted molar refractivity (Wildman–Crippen MR) is 79.1 cm³/mol. The molecule has 1 aliphatic rings. The number of halogens is 2. The molecule has 0 atom stereocenters. The quantitative estimate of drug-likeness (QED) is 0.856. The van der Waals surface area contributed by atoms with Crippen LogP contribution in [0, 0.1) is 0 Å². The van der Waals surface area contributed by atoms with Crippen LogP contribution in [0.4, 0.5) is 0 Å². The average Bonchev–Trinajstić information content (AvgIpc) is 2.91. The van der Waals surface area contributed by atoms with Gasteiger partial charge in [-0.1, -0.05) is 0 Å². The van der Waals surface area contributed by atoms with E-state index in [1.54, 1.807) is 12.1 Å². The van der Waals surface area contributed by atoms with Gasteiger partial charge < -0.3 is 14.7 Å². The van der Waals surface area contributed by atoms with Crippen molar-refractivity contribution in [3.63, 3.8) is 0 Å². The molecule has 0 saturated carbocycles. The van der Waals surface area contributed by atoms with Crippen LogP contribution in [-0.4, -0.2) is 35.6 Å². The Morgan fingerprint density at radius 2 is 1.84 bits per heavy atom. The number of carbonyl (C=O) groups is 1. The maximum Gasteiger partial charge on any atom is 0.260 e. The van der Waals surface area contributed by atoms with Gasteiger partial charge in [0, 0.05) is 13.1 Å². The predicted octanol–water partition coefficient (Wildman–Crippen LogP) is 2.71. The van der Waals surface area contributed by atoms with Crippen LogP contribution in [0.15, 0.2) is 21.1 Å². The van der Waals surface area contributed by atoms with E-state index in [1.807, 2.05) is 4.90 Å². The smallest absolute Gasteiger partial charge is 0.260 e. The molecule has 1 saturated heterocycles. The van der Waals surface area contributed by atoms with E-state index >= 15 is 0 Å². The number of aliphatic hydroxyl groups excluding tert-OH is 1. The molecule has 104 valence electrons. The molecule has 1 fully saturated rings. The number of ether oxygens (including phenoxy) is 1. The van der Waals surface area contributed by atoms with E-state index in [1.165, 1.54) is 0 Å². The van der Waals surface area contributed by atoms with Gasteiger partial charge in [-0.2, -0.15) is 0 Å². The molecule has 1 heterocycles. The molecule has 1 amide bonds. The molecule has 4 nitrogen and oxygen atoms in total. The standard InChI is InChI=1S/C13H15Br2NO3/c14-10-5-9(7-17)6-11(15)13(10)19-8-12(18)16-3-1-2-4-16/h5-6,17H,1-4,7-8H2. The Hall–Kier alpha value is -0.590. The van der Waals surface area contributed by atoms with Crippen molar-refractivity contribution in [1.82, 2.24) is 4.90 Å². The van der Waals surface area contributed by atoms with Crippen molar-refractivity contribution in [2.45, 2.75) is 19.4 Å². The molecule has 0 radical (unpaired) electrons. The molecule has 1 aromatic carbocycles. The van der Waals surface area contributed by atoms with Crippen molar-refractivity contribution < 1.29 is 14.6 Å². The molecular formula is C13H15Br2NO3. The summed E-state index contributed by atoms with van der Waals surface area (Å²) in [5.74, 6) is 0.604. The Balaban J connectivity index is 2.01. The van der Waals surface area contributed by atoms with Gasteiger partial charge in [0.15, 0.2) is 6.61 Å². The van der Waals surface area contributed by atoms with Crippen molar-refractivity contribution >= 4 is 37.8 Å². The number of amides is 1. The summed E-state index contributed by atoms with van der Waals surface area (Å²) < 4.78 is 7.02. The first-order valence-corrected chi connectivity index (χ1v) is 7.69. The van der Waals surface area contributed by atoms with Crippen LogP contribution in [0.2, 0.25) is 0 Å². The van der Waals surface area contributed by atoms with E-state index in [9.17, 15) is 4.79 Å². The van der Waals surface area contributed by atoms with E-state index in [2.05, 4.69) is 31.9 Å². The molecule has 0 aromatic heterocycles. The van der Waals surface area contributed by atoms with Crippen molar-refractivity contribution in [3.05, 3.63) is 26.6 Å². The zero-order valence-corrected chi connectivity index (χ0v) is 13.5. The normalized spacial score (nSPS) is 14.8. The molecule has 1 aromatic rings. The van der Waals surface area contributed by atoms with E-state index < -0.39 is 0 Å². The highest BCUT2D eigenvalue weighted by Crippen LogP contribution is 2.34. The van der Waals surface area contributed by atoms with Gasteiger partial charge in [-0.15, -0.1) is 0 Å². The summed E-state index contributed by atoms with van der Waals surface area (Å²) >= 11 is 6.76. The van der Waals surface area contributed by atoms with Gasteiger partial charge >= 0.3 is 0 Å². The summed E-state index contributed by atoms with van der Waals surface area (Å²) in [6.45, 7) is 1.65. The first-order chi connectivity index (χ1) is 9.11. The van der Waals surface area contributed by atoms with Crippen molar-refractivity contribution in [2.24, 2.45) is 0 Å². The fraction of sp³-hybridized carbons (Fsp3) is 0.462. The van der Waals surface area contributed by atoms with Gasteiger partial charge in [-0.25, -0.2) is 0 Å². The van der Waals surface area contributed by atoms with Gasteiger partial charge in [-0.05, 0) is 62.4 Å². The van der Waals surface area contributed by atoms with Gasteiger partial charge in [0.2, 0.25) is 0 Å². The molecular weight excluding hydrogens is 378 g/mol. The van der Waals surface area contributed by atoms with Crippen LogP contribution in [0.1, 0.15) is 18.4 Å². The zero-order valence-electron chi connectivity index (χ0n) is 10.4. The highest BCUT2D eigenvalue weighted by molar-refractivity contribution is 9.11. The van der Waals surface area contributed by atoms with Gasteiger partial charge in [-0.3, -0.25) is 4.79 Å². The second kappa shape index (κ2) is 6.72. The summed E-state index contributed by atoms with van der Waals surface area (Å²) in [7, 11) is 0. The summed E-state index contributed by atoms with van der Waals surface area (Å²) in [5.41, 5.74) is 0.775. The zero-order chi connectivity index (χ0) is 13.8. The lowest BCUT2D eigenvalue weighted by Gasteiger charge is -2.17. The third kappa shape index (κ3) is 3.70.